The van der Waals surface area contributed by atoms with E-state index in [2.05, 4.69) is 4.98 Å². The molecule has 0 aliphatic heterocycles. The summed E-state index contributed by atoms with van der Waals surface area (Å²) in [5.74, 6) is -0.259. The van der Waals surface area contributed by atoms with Crippen molar-refractivity contribution in [3.8, 4) is 11.4 Å². The fourth-order valence-electron chi connectivity index (χ4n) is 2.55. The number of nitrogens with zero attached hydrogens (tertiary/aromatic N) is 2. The maximum Gasteiger partial charge on any atom is 0.265 e. The molecule has 3 rings (SSSR count). The summed E-state index contributed by atoms with van der Waals surface area (Å²) in [6.45, 7) is 1.64. The Kier molecular flexibility index (Phi) is 4.04. The van der Waals surface area contributed by atoms with Crippen LogP contribution in [0.1, 0.15) is 18.7 Å². The summed E-state index contributed by atoms with van der Waals surface area (Å²) >= 11 is 0. The molecule has 122 valence electrons. The summed E-state index contributed by atoms with van der Waals surface area (Å²) in [6, 6.07) is 14.0. The van der Waals surface area contributed by atoms with Crippen LogP contribution >= 0.6 is 0 Å². The Morgan fingerprint density at radius 3 is 2.46 bits per heavy atom. The van der Waals surface area contributed by atoms with Crippen LogP contribution in [0.2, 0.25) is 0 Å². The van der Waals surface area contributed by atoms with E-state index in [4.69, 9.17) is 10.5 Å². The predicted octanol–water partition coefficient (Wildman–Crippen LogP) is 1.98. The summed E-state index contributed by atoms with van der Waals surface area (Å²) in [6.07, 6.45) is 0. The molecule has 2 aromatic carbocycles. The van der Waals surface area contributed by atoms with Gasteiger partial charge < -0.3 is 10.5 Å². The molecule has 1 aromatic heterocycles. The van der Waals surface area contributed by atoms with Crippen molar-refractivity contribution in [1.82, 2.24) is 9.55 Å². The molecular formula is C18H17N3O3. The van der Waals surface area contributed by atoms with Gasteiger partial charge in [-0.25, -0.2) is 4.98 Å². The first kappa shape index (κ1) is 15.7. The van der Waals surface area contributed by atoms with Crippen LogP contribution in [0, 0.1) is 0 Å². The average Bonchev–Trinajstić information content (AvgIpc) is 2.61. The Balaban J connectivity index is 2.34. The van der Waals surface area contributed by atoms with E-state index in [-0.39, 0.29) is 5.56 Å². The number of carbonyl (C=O) groups excluding carboxylic acids is 1. The molecule has 1 unspecified atom stereocenters. The number of carbonyl (C=O) groups is 1. The number of benzene rings is 2. The number of aromatic nitrogens is 2. The van der Waals surface area contributed by atoms with Crippen molar-refractivity contribution in [2.75, 3.05) is 7.11 Å². The Labute approximate surface area is 138 Å². The van der Waals surface area contributed by atoms with E-state index in [0.717, 1.165) is 0 Å². The monoisotopic (exact) mass is 323 g/mol. The van der Waals surface area contributed by atoms with Crippen molar-refractivity contribution in [3.05, 3.63) is 64.7 Å². The third kappa shape index (κ3) is 2.62. The molecule has 0 bridgehead atoms. The number of hydrogen-bond donors (Lipinski definition) is 1. The number of hydrogen-bond acceptors (Lipinski definition) is 4. The molecule has 1 atom stereocenters. The molecule has 0 aliphatic carbocycles. The highest BCUT2D eigenvalue weighted by Gasteiger charge is 2.21. The second-order valence-electron chi connectivity index (χ2n) is 5.45. The molecule has 0 radical (unpaired) electrons. The highest BCUT2D eigenvalue weighted by atomic mass is 16.5. The zero-order chi connectivity index (χ0) is 17.3. The second kappa shape index (κ2) is 6.16. The number of rotatable bonds is 4. The molecule has 0 saturated heterocycles. The first-order valence-electron chi connectivity index (χ1n) is 7.48. The van der Waals surface area contributed by atoms with Gasteiger partial charge in [-0.1, -0.05) is 12.1 Å². The van der Waals surface area contributed by atoms with Gasteiger partial charge >= 0.3 is 0 Å². The largest absolute Gasteiger partial charge is 0.497 e. The lowest BCUT2D eigenvalue weighted by Gasteiger charge is -2.17. The third-order valence-corrected chi connectivity index (χ3v) is 3.95. The molecule has 6 nitrogen and oxygen atoms in total. The highest BCUT2D eigenvalue weighted by Crippen LogP contribution is 2.21. The molecule has 6 heteroatoms. The van der Waals surface area contributed by atoms with Gasteiger partial charge in [-0.2, -0.15) is 0 Å². The van der Waals surface area contributed by atoms with Gasteiger partial charge in [0, 0.05) is 0 Å². The van der Waals surface area contributed by atoms with Gasteiger partial charge in [0.25, 0.3) is 5.56 Å². The van der Waals surface area contributed by atoms with Crippen LogP contribution in [0.3, 0.4) is 0 Å². The van der Waals surface area contributed by atoms with Crippen molar-refractivity contribution in [2.45, 2.75) is 12.8 Å². The predicted molar refractivity (Wildman–Crippen MR) is 91.5 cm³/mol. The Hall–Kier alpha value is -3.15. The van der Waals surface area contributed by atoms with Gasteiger partial charge in [0.05, 0.1) is 29.6 Å². The van der Waals surface area contributed by atoms with Gasteiger partial charge in [0.2, 0.25) is 5.91 Å². The van der Waals surface area contributed by atoms with Gasteiger partial charge in [0.1, 0.15) is 11.6 Å². The van der Waals surface area contributed by atoms with Crippen molar-refractivity contribution in [2.24, 2.45) is 5.73 Å². The van der Waals surface area contributed by atoms with Crippen LogP contribution in [-0.4, -0.2) is 22.6 Å². The van der Waals surface area contributed by atoms with Gasteiger partial charge in [0.15, 0.2) is 0 Å². The van der Waals surface area contributed by atoms with E-state index in [0.29, 0.717) is 28.2 Å². The number of para-hydroxylation sites is 1. The molecular weight excluding hydrogens is 306 g/mol. The van der Waals surface area contributed by atoms with Gasteiger partial charge in [-0.15, -0.1) is 0 Å². The summed E-state index contributed by atoms with van der Waals surface area (Å²) in [5, 5.41) is 0.480. The smallest absolute Gasteiger partial charge is 0.265 e. The van der Waals surface area contributed by atoms with Crippen molar-refractivity contribution in [1.29, 1.82) is 0 Å². The number of ether oxygens (including phenoxy) is 1. The SMILES string of the molecule is COc1ccc(-n2c(C(C)C(N)=O)nc3ccccc3c2=O)cc1. The minimum Gasteiger partial charge on any atom is -0.497 e. The maximum atomic E-state index is 13.0. The first-order chi connectivity index (χ1) is 11.5. The van der Waals surface area contributed by atoms with Crippen molar-refractivity contribution < 1.29 is 9.53 Å². The minimum absolute atomic E-state index is 0.242. The summed E-state index contributed by atoms with van der Waals surface area (Å²) < 4.78 is 6.57. The van der Waals surface area contributed by atoms with E-state index in [1.54, 1.807) is 62.6 Å². The lowest BCUT2D eigenvalue weighted by atomic mass is 10.1. The molecule has 1 amide bonds. The number of amides is 1. The van der Waals surface area contributed by atoms with E-state index in [9.17, 15) is 9.59 Å². The zero-order valence-electron chi connectivity index (χ0n) is 13.4. The van der Waals surface area contributed by atoms with Crippen LogP contribution in [0.25, 0.3) is 16.6 Å². The van der Waals surface area contributed by atoms with E-state index >= 15 is 0 Å². The Bertz CT molecular complexity index is 961. The van der Waals surface area contributed by atoms with Crippen molar-refractivity contribution >= 4 is 16.8 Å². The average molecular weight is 323 g/mol. The highest BCUT2D eigenvalue weighted by molar-refractivity contribution is 5.83. The number of methoxy groups -OCH3 is 1. The summed E-state index contributed by atoms with van der Waals surface area (Å²) in [5.41, 5.74) is 6.34. The van der Waals surface area contributed by atoms with Crippen LogP contribution in [0.5, 0.6) is 5.75 Å². The third-order valence-electron chi connectivity index (χ3n) is 3.95. The van der Waals surface area contributed by atoms with E-state index in [1.807, 2.05) is 0 Å². The fourth-order valence-corrected chi connectivity index (χ4v) is 2.55. The molecule has 24 heavy (non-hydrogen) atoms. The topological polar surface area (TPSA) is 87.2 Å². The molecule has 0 spiro atoms. The maximum absolute atomic E-state index is 13.0. The summed E-state index contributed by atoms with van der Waals surface area (Å²) in [7, 11) is 1.57. The zero-order valence-corrected chi connectivity index (χ0v) is 13.4. The van der Waals surface area contributed by atoms with Crippen LogP contribution in [-0.2, 0) is 4.79 Å². The lowest BCUT2D eigenvalue weighted by molar-refractivity contribution is -0.119. The number of nitrogens with two attached hydrogens (primary N) is 1. The normalized spacial score (nSPS) is 12.1. The van der Waals surface area contributed by atoms with Gasteiger partial charge in [-0.3, -0.25) is 14.2 Å². The molecule has 0 aliphatic rings. The molecule has 0 fully saturated rings. The van der Waals surface area contributed by atoms with E-state index in [1.165, 1.54) is 4.57 Å². The standard InChI is InChI=1S/C18H17N3O3/c1-11(16(19)22)17-20-15-6-4-3-5-14(15)18(23)21(17)12-7-9-13(24-2)10-8-12/h3-11H,1-2H3,(H2,19,22). The van der Waals surface area contributed by atoms with Gasteiger partial charge in [-0.05, 0) is 43.3 Å². The number of fused-ring (bicyclic) bond motifs is 1. The van der Waals surface area contributed by atoms with Crippen molar-refractivity contribution in [3.63, 3.8) is 0 Å². The molecule has 2 N–H and O–H groups in total. The fraction of sp³-hybridized carbons (Fsp3) is 0.167. The Morgan fingerprint density at radius 2 is 1.83 bits per heavy atom. The first-order valence-corrected chi connectivity index (χ1v) is 7.48. The van der Waals surface area contributed by atoms with Crippen LogP contribution in [0.4, 0.5) is 0 Å². The molecule has 3 aromatic rings. The minimum atomic E-state index is -0.704. The molecule has 0 saturated carbocycles. The Morgan fingerprint density at radius 1 is 1.17 bits per heavy atom. The lowest BCUT2D eigenvalue weighted by Crippen LogP contribution is -2.29. The quantitative estimate of drug-likeness (QED) is 0.795. The summed E-state index contributed by atoms with van der Waals surface area (Å²) in [4.78, 5) is 29.2. The second-order valence-corrected chi connectivity index (χ2v) is 5.45. The van der Waals surface area contributed by atoms with Crippen LogP contribution in [0.15, 0.2) is 53.3 Å². The van der Waals surface area contributed by atoms with Crippen LogP contribution < -0.4 is 16.0 Å². The molecule has 1 heterocycles. The number of primary amides is 1. The van der Waals surface area contributed by atoms with E-state index < -0.39 is 11.8 Å².